The minimum atomic E-state index is -0.681. The summed E-state index contributed by atoms with van der Waals surface area (Å²) in [7, 11) is 1.57. The van der Waals surface area contributed by atoms with Gasteiger partial charge in [0.2, 0.25) is 6.41 Å². The van der Waals surface area contributed by atoms with Crippen LogP contribution in [0.4, 0.5) is 0 Å². The monoisotopic (exact) mass is 513 g/mol. The molecule has 0 spiro atoms. The van der Waals surface area contributed by atoms with Gasteiger partial charge in [0.25, 0.3) is 0 Å². The second-order valence-corrected chi connectivity index (χ2v) is 10.3. The lowest BCUT2D eigenvalue weighted by molar-refractivity contribution is -0.212. The molecule has 8 heteroatoms. The van der Waals surface area contributed by atoms with Crippen molar-refractivity contribution in [3.05, 3.63) is 0 Å². The van der Waals surface area contributed by atoms with E-state index in [0.29, 0.717) is 38.9 Å². The third kappa shape index (κ3) is 14.2. The average Bonchev–Trinajstić information content (AvgIpc) is 2.84. The maximum atomic E-state index is 12.8. The Morgan fingerprint density at radius 1 is 1.00 bits per heavy atom. The standard InChI is InChI=1S/C28H51NO7/c1-5-6-7-8-9-10-11-12-13-14-15-16-23(35-27(31)24(29-21-30)19-22(2)3)20-25-26(28(32)36-25)34-18-17-33-4/h21-26H,5-20H2,1-4H3,(H,29,30)/t23?,24-,25-,26-/m0/s1. The summed E-state index contributed by atoms with van der Waals surface area (Å²) >= 11 is 0. The van der Waals surface area contributed by atoms with Crippen LogP contribution in [0, 0.1) is 5.92 Å². The van der Waals surface area contributed by atoms with Crippen LogP contribution < -0.4 is 5.32 Å². The zero-order valence-electron chi connectivity index (χ0n) is 23.1. The molecule has 0 bridgehead atoms. The molecular weight excluding hydrogens is 462 g/mol. The minimum Gasteiger partial charge on any atom is -0.461 e. The van der Waals surface area contributed by atoms with Gasteiger partial charge in [0.05, 0.1) is 13.2 Å². The fraction of sp³-hybridized carbons (Fsp3) is 0.893. The number of cyclic esters (lactones) is 1. The number of amides is 1. The Bertz CT molecular complexity index is 598. The van der Waals surface area contributed by atoms with Crippen LogP contribution in [0.25, 0.3) is 0 Å². The molecule has 8 nitrogen and oxygen atoms in total. The Kier molecular flexibility index (Phi) is 18.3. The molecule has 0 aromatic heterocycles. The van der Waals surface area contributed by atoms with Crippen molar-refractivity contribution in [3.8, 4) is 0 Å². The fourth-order valence-electron chi connectivity index (χ4n) is 4.52. The number of carbonyl (C=O) groups excluding carboxylic acids is 3. The highest BCUT2D eigenvalue weighted by atomic mass is 16.6. The van der Waals surface area contributed by atoms with Gasteiger partial charge in [0.1, 0.15) is 18.2 Å². The van der Waals surface area contributed by atoms with E-state index in [-0.39, 0.29) is 5.92 Å². The first kappa shape index (κ1) is 32.4. The molecule has 1 aliphatic heterocycles. The van der Waals surface area contributed by atoms with Gasteiger partial charge in [-0.15, -0.1) is 0 Å². The van der Waals surface area contributed by atoms with Gasteiger partial charge >= 0.3 is 11.9 Å². The molecule has 4 atom stereocenters. The quantitative estimate of drug-likeness (QED) is 0.109. The number of nitrogens with one attached hydrogen (secondary N) is 1. The zero-order chi connectivity index (χ0) is 26.6. The van der Waals surface area contributed by atoms with Crippen LogP contribution in [0.3, 0.4) is 0 Å². The van der Waals surface area contributed by atoms with Gasteiger partial charge in [0.15, 0.2) is 6.10 Å². The minimum absolute atomic E-state index is 0.228. The third-order valence-electron chi connectivity index (χ3n) is 6.59. The summed E-state index contributed by atoms with van der Waals surface area (Å²) in [4.78, 5) is 35.7. The predicted octanol–water partition coefficient (Wildman–Crippen LogP) is 5.11. The molecule has 1 fully saturated rings. The summed E-state index contributed by atoms with van der Waals surface area (Å²) < 4.78 is 21.7. The first-order valence-electron chi connectivity index (χ1n) is 14.1. The van der Waals surface area contributed by atoms with Crippen molar-refractivity contribution in [3.63, 3.8) is 0 Å². The van der Waals surface area contributed by atoms with Gasteiger partial charge in [-0.1, -0.05) is 85.0 Å². The van der Waals surface area contributed by atoms with Crippen LogP contribution in [-0.4, -0.2) is 63.0 Å². The molecule has 1 N–H and O–H groups in total. The topological polar surface area (TPSA) is 100 Å². The SMILES string of the molecule is CCCCCCCCCCCCCC(C[C@@H]1OC(=O)[C@H]1OCCOC)OC(=O)[C@H](CC(C)C)NC=O. The third-order valence-corrected chi connectivity index (χ3v) is 6.59. The van der Waals surface area contributed by atoms with Crippen LogP contribution in [0.1, 0.15) is 111 Å². The summed E-state index contributed by atoms with van der Waals surface area (Å²) in [5.41, 5.74) is 0. The second kappa shape index (κ2) is 20.4. The maximum absolute atomic E-state index is 12.8. The Labute approximate surface area is 218 Å². The molecule has 0 aromatic carbocycles. The van der Waals surface area contributed by atoms with Gasteiger partial charge in [-0.3, -0.25) is 4.79 Å². The molecule has 1 amide bonds. The van der Waals surface area contributed by atoms with Crippen molar-refractivity contribution >= 4 is 18.3 Å². The lowest BCUT2D eigenvalue weighted by atomic mass is 9.97. The first-order valence-corrected chi connectivity index (χ1v) is 14.1. The highest BCUT2D eigenvalue weighted by molar-refractivity contribution is 5.81. The summed E-state index contributed by atoms with van der Waals surface area (Å²) in [6.07, 6.45) is 14.3. The van der Waals surface area contributed by atoms with Gasteiger partial charge in [-0.25, -0.2) is 9.59 Å². The predicted molar refractivity (Wildman–Crippen MR) is 140 cm³/mol. The van der Waals surface area contributed by atoms with Crippen LogP contribution >= 0.6 is 0 Å². The molecule has 0 aliphatic carbocycles. The molecule has 1 saturated heterocycles. The fourth-order valence-corrected chi connectivity index (χ4v) is 4.52. The number of methoxy groups -OCH3 is 1. The Balaban J connectivity index is 2.51. The number of rotatable bonds is 24. The number of hydrogen-bond donors (Lipinski definition) is 1. The van der Waals surface area contributed by atoms with Gasteiger partial charge < -0.3 is 24.3 Å². The van der Waals surface area contributed by atoms with Crippen molar-refractivity contribution in [2.24, 2.45) is 5.92 Å². The number of unbranched alkanes of at least 4 members (excludes halogenated alkanes) is 10. The summed E-state index contributed by atoms with van der Waals surface area (Å²) in [5.74, 6) is -0.603. The molecule has 0 radical (unpaired) electrons. The lowest BCUT2D eigenvalue weighted by Gasteiger charge is -2.36. The normalized spacial score (nSPS) is 18.9. The van der Waals surface area contributed by atoms with Crippen molar-refractivity contribution in [2.75, 3.05) is 20.3 Å². The lowest BCUT2D eigenvalue weighted by Crippen LogP contribution is -2.54. The molecule has 1 unspecified atom stereocenters. The summed E-state index contributed by atoms with van der Waals surface area (Å²) in [6, 6.07) is -0.681. The van der Waals surface area contributed by atoms with E-state index in [2.05, 4.69) is 12.2 Å². The van der Waals surface area contributed by atoms with E-state index < -0.39 is 36.3 Å². The Morgan fingerprint density at radius 3 is 2.14 bits per heavy atom. The molecule has 0 saturated carbocycles. The molecule has 1 heterocycles. The van der Waals surface area contributed by atoms with Crippen LogP contribution in [-0.2, 0) is 33.3 Å². The van der Waals surface area contributed by atoms with E-state index in [4.69, 9.17) is 18.9 Å². The Hall–Kier alpha value is -1.67. The Morgan fingerprint density at radius 2 is 1.61 bits per heavy atom. The number of hydrogen-bond acceptors (Lipinski definition) is 7. The zero-order valence-corrected chi connectivity index (χ0v) is 23.1. The smallest absolute Gasteiger partial charge is 0.339 e. The summed E-state index contributed by atoms with van der Waals surface area (Å²) in [5, 5.41) is 2.58. The molecule has 1 aliphatic rings. The van der Waals surface area contributed by atoms with Gasteiger partial charge in [-0.2, -0.15) is 0 Å². The second-order valence-electron chi connectivity index (χ2n) is 10.3. The highest BCUT2D eigenvalue weighted by Crippen LogP contribution is 2.26. The van der Waals surface area contributed by atoms with Crippen LogP contribution in [0.5, 0.6) is 0 Å². The van der Waals surface area contributed by atoms with Crippen molar-refractivity contribution < 1.29 is 33.3 Å². The maximum Gasteiger partial charge on any atom is 0.339 e. The van der Waals surface area contributed by atoms with E-state index >= 15 is 0 Å². The number of ether oxygens (including phenoxy) is 4. The average molecular weight is 514 g/mol. The molecule has 210 valence electrons. The molecule has 1 rings (SSSR count). The van der Waals surface area contributed by atoms with E-state index in [0.717, 1.165) is 12.8 Å². The highest BCUT2D eigenvalue weighted by Gasteiger charge is 2.45. The van der Waals surface area contributed by atoms with E-state index in [9.17, 15) is 14.4 Å². The molecule has 36 heavy (non-hydrogen) atoms. The van der Waals surface area contributed by atoms with E-state index in [1.165, 1.54) is 57.8 Å². The van der Waals surface area contributed by atoms with Gasteiger partial charge in [0, 0.05) is 13.5 Å². The largest absolute Gasteiger partial charge is 0.461 e. The molecule has 0 aromatic rings. The van der Waals surface area contributed by atoms with Crippen molar-refractivity contribution in [2.45, 2.75) is 135 Å². The van der Waals surface area contributed by atoms with Crippen molar-refractivity contribution in [1.82, 2.24) is 5.32 Å². The van der Waals surface area contributed by atoms with Crippen LogP contribution in [0.15, 0.2) is 0 Å². The van der Waals surface area contributed by atoms with Crippen molar-refractivity contribution in [1.29, 1.82) is 0 Å². The summed E-state index contributed by atoms with van der Waals surface area (Å²) in [6.45, 7) is 6.92. The van der Waals surface area contributed by atoms with E-state index in [1.807, 2.05) is 13.8 Å². The van der Waals surface area contributed by atoms with Gasteiger partial charge in [-0.05, 0) is 25.2 Å². The van der Waals surface area contributed by atoms with Crippen LogP contribution in [0.2, 0.25) is 0 Å². The number of carbonyl (C=O) groups is 3. The number of esters is 2. The first-order chi connectivity index (χ1) is 17.4. The molecular formula is C28H51NO7. The van der Waals surface area contributed by atoms with E-state index in [1.54, 1.807) is 7.11 Å².